The first kappa shape index (κ1) is 12.2. The van der Waals surface area contributed by atoms with Crippen molar-refractivity contribution in [3.05, 3.63) is 36.0 Å². The topological polar surface area (TPSA) is 65.1 Å². The van der Waals surface area contributed by atoms with Gasteiger partial charge in [0.2, 0.25) is 0 Å². The van der Waals surface area contributed by atoms with E-state index in [0.29, 0.717) is 5.56 Å². The number of nitrogens with one attached hydrogen (secondary N) is 2. The lowest BCUT2D eigenvalue weighted by Crippen LogP contribution is -2.45. The number of fused-ring (bicyclic) bond motifs is 1. The highest BCUT2D eigenvalue weighted by atomic mass is 16.3. The molecular weight excluding hydrogens is 240 g/mol. The fraction of sp³-hybridized carbons (Fsp3) is 0.400. The minimum absolute atomic E-state index is 0.103. The molecule has 1 aliphatic carbocycles. The van der Waals surface area contributed by atoms with Crippen molar-refractivity contribution in [3.8, 4) is 0 Å². The number of benzene rings is 1. The monoisotopic (exact) mass is 258 g/mol. The Kier molecular flexibility index (Phi) is 3.25. The van der Waals surface area contributed by atoms with Gasteiger partial charge in [-0.3, -0.25) is 4.79 Å². The number of aliphatic hydroxyl groups is 1. The van der Waals surface area contributed by atoms with Crippen LogP contribution in [0.4, 0.5) is 0 Å². The van der Waals surface area contributed by atoms with Crippen molar-refractivity contribution in [3.63, 3.8) is 0 Å². The van der Waals surface area contributed by atoms with Crippen LogP contribution in [0.25, 0.3) is 10.9 Å². The number of amides is 1. The lowest BCUT2D eigenvalue weighted by atomic mass is 9.92. The Bertz CT molecular complexity index is 591. The molecule has 100 valence electrons. The van der Waals surface area contributed by atoms with E-state index < -0.39 is 6.10 Å². The van der Waals surface area contributed by atoms with Crippen LogP contribution < -0.4 is 5.32 Å². The van der Waals surface area contributed by atoms with E-state index in [1.807, 2.05) is 30.5 Å². The Morgan fingerprint density at radius 2 is 2.11 bits per heavy atom. The van der Waals surface area contributed by atoms with Gasteiger partial charge >= 0.3 is 0 Å². The summed E-state index contributed by atoms with van der Waals surface area (Å²) in [5, 5.41) is 13.9. The van der Waals surface area contributed by atoms with Gasteiger partial charge in [0.1, 0.15) is 0 Å². The van der Waals surface area contributed by atoms with E-state index >= 15 is 0 Å². The zero-order chi connectivity index (χ0) is 13.2. The van der Waals surface area contributed by atoms with E-state index in [9.17, 15) is 9.90 Å². The van der Waals surface area contributed by atoms with Crippen LogP contribution in [0.2, 0.25) is 0 Å². The number of carbonyl (C=O) groups is 1. The standard InChI is InChI=1S/C15H18N2O2/c18-14-4-2-1-3-13(14)17-15(19)11-5-6-12-10(9-11)7-8-16-12/h5-9,13-14,16,18H,1-4H2,(H,17,19)/t13-,14-/m1/s1. The van der Waals surface area contributed by atoms with E-state index in [1.54, 1.807) is 0 Å². The number of hydrogen-bond acceptors (Lipinski definition) is 2. The number of H-pyrrole nitrogens is 1. The van der Waals surface area contributed by atoms with Crippen molar-refractivity contribution in [1.29, 1.82) is 0 Å². The predicted octanol–water partition coefficient (Wildman–Crippen LogP) is 2.20. The van der Waals surface area contributed by atoms with Gasteiger partial charge in [-0.05, 0) is 37.1 Å². The summed E-state index contributed by atoms with van der Waals surface area (Å²) in [6.07, 6.45) is 5.20. The molecule has 3 rings (SSSR count). The van der Waals surface area contributed by atoms with Crippen molar-refractivity contribution in [2.45, 2.75) is 37.8 Å². The summed E-state index contributed by atoms with van der Waals surface area (Å²) in [6.45, 7) is 0. The maximum Gasteiger partial charge on any atom is 0.251 e. The third-order valence-corrected chi connectivity index (χ3v) is 3.86. The maximum absolute atomic E-state index is 12.2. The molecule has 1 amide bonds. The van der Waals surface area contributed by atoms with Gasteiger partial charge in [0, 0.05) is 22.7 Å². The van der Waals surface area contributed by atoms with Gasteiger partial charge < -0.3 is 15.4 Å². The van der Waals surface area contributed by atoms with Crippen molar-refractivity contribution in [1.82, 2.24) is 10.3 Å². The lowest BCUT2D eigenvalue weighted by Gasteiger charge is -2.28. The average Bonchev–Trinajstić information content (AvgIpc) is 2.88. The Labute approximate surface area is 111 Å². The van der Waals surface area contributed by atoms with Crippen LogP contribution >= 0.6 is 0 Å². The second kappa shape index (κ2) is 5.05. The first-order chi connectivity index (χ1) is 9.24. The summed E-state index contributed by atoms with van der Waals surface area (Å²) in [5.74, 6) is -0.103. The molecule has 0 bridgehead atoms. The van der Waals surface area contributed by atoms with E-state index in [4.69, 9.17) is 0 Å². The highest BCUT2D eigenvalue weighted by Gasteiger charge is 2.24. The predicted molar refractivity (Wildman–Crippen MR) is 74.0 cm³/mol. The Morgan fingerprint density at radius 3 is 2.95 bits per heavy atom. The second-order valence-electron chi connectivity index (χ2n) is 5.21. The van der Waals surface area contributed by atoms with Gasteiger partial charge in [-0.1, -0.05) is 12.8 Å². The number of carbonyl (C=O) groups excluding carboxylic acids is 1. The molecule has 1 aromatic heterocycles. The zero-order valence-corrected chi connectivity index (χ0v) is 10.7. The molecule has 1 aliphatic rings. The zero-order valence-electron chi connectivity index (χ0n) is 10.7. The first-order valence-electron chi connectivity index (χ1n) is 6.80. The number of aliphatic hydroxyl groups excluding tert-OH is 1. The molecule has 0 saturated heterocycles. The molecule has 0 aliphatic heterocycles. The number of rotatable bonds is 2. The SMILES string of the molecule is O=C(N[C@@H]1CCCC[C@H]1O)c1ccc2[nH]ccc2c1. The van der Waals surface area contributed by atoms with Gasteiger partial charge in [-0.2, -0.15) is 0 Å². The fourth-order valence-electron chi connectivity index (χ4n) is 2.73. The normalized spacial score (nSPS) is 23.4. The average molecular weight is 258 g/mol. The summed E-state index contributed by atoms with van der Waals surface area (Å²) in [6, 6.07) is 7.42. The third-order valence-electron chi connectivity index (χ3n) is 3.86. The van der Waals surface area contributed by atoms with Gasteiger partial charge in [0.25, 0.3) is 5.91 Å². The third kappa shape index (κ3) is 2.49. The van der Waals surface area contributed by atoms with Crippen molar-refractivity contribution >= 4 is 16.8 Å². The maximum atomic E-state index is 12.2. The Hall–Kier alpha value is -1.81. The van der Waals surface area contributed by atoms with Crippen LogP contribution in [0.1, 0.15) is 36.0 Å². The van der Waals surface area contributed by atoms with Gasteiger partial charge in [0.15, 0.2) is 0 Å². The van der Waals surface area contributed by atoms with Crippen molar-refractivity contribution in [2.24, 2.45) is 0 Å². The minimum atomic E-state index is -0.409. The van der Waals surface area contributed by atoms with Crippen LogP contribution in [-0.2, 0) is 0 Å². The summed E-state index contributed by atoms with van der Waals surface area (Å²) in [7, 11) is 0. The van der Waals surface area contributed by atoms with E-state index in [2.05, 4.69) is 10.3 Å². The van der Waals surface area contributed by atoms with Crippen LogP contribution in [0.15, 0.2) is 30.5 Å². The molecule has 1 saturated carbocycles. The highest BCUT2D eigenvalue weighted by Crippen LogP contribution is 2.19. The van der Waals surface area contributed by atoms with Crippen molar-refractivity contribution < 1.29 is 9.90 Å². The summed E-state index contributed by atoms with van der Waals surface area (Å²) >= 11 is 0. The van der Waals surface area contributed by atoms with Crippen LogP contribution in [-0.4, -0.2) is 28.1 Å². The number of aromatic amines is 1. The summed E-state index contributed by atoms with van der Waals surface area (Å²) in [5.41, 5.74) is 1.67. The first-order valence-corrected chi connectivity index (χ1v) is 6.80. The molecule has 4 nitrogen and oxygen atoms in total. The van der Waals surface area contributed by atoms with E-state index in [-0.39, 0.29) is 11.9 Å². The van der Waals surface area contributed by atoms with Gasteiger partial charge in [0.05, 0.1) is 12.1 Å². The van der Waals surface area contributed by atoms with Crippen LogP contribution in [0, 0.1) is 0 Å². The molecule has 1 heterocycles. The summed E-state index contributed by atoms with van der Waals surface area (Å²) in [4.78, 5) is 15.3. The molecular formula is C15H18N2O2. The molecule has 0 radical (unpaired) electrons. The largest absolute Gasteiger partial charge is 0.391 e. The van der Waals surface area contributed by atoms with Crippen LogP contribution in [0.5, 0.6) is 0 Å². The second-order valence-corrected chi connectivity index (χ2v) is 5.21. The molecule has 1 fully saturated rings. The molecule has 2 aromatic rings. The highest BCUT2D eigenvalue weighted by molar-refractivity contribution is 5.98. The Balaban J connectivity index is 1.75. The quantitative estimate of drug-likeness (QED) is 0.773. The van der Waals surface area contributed by atoms with Crippen molar-refractivity contribution in [2.75, 3.05) is 0 Å². The lowest BCUT2D eigenvalue weighted by molar-refractivity contribution is 0.0717. The van der Waals surface area contributed by atoms with Gasteiger partial charge in [-0.15, -0.1) is 0 Å². The van der Waals surface area contributed by atoms with E-state index in [0.717, 1.165) is 36.6 Å². The molecule has 0 spiro atoms. The molecule has 19 heavy (non-hydrogen) atoms. The smallest absolute Gasteiger partial charge is 0.251 e. The fourth-order valence-corrected chi connectivity index (χ4v) is 2.73. The molecule has 2 atom stereocenters. The van der Waals surface area contributed by atoms with Gasteiger partial charge in [-0.25, -0.2) is 0 Å². The van der Waals surface area contributed by atoms with Crippen LogP contribution in [0.3, 0.4) is 0 Å². The number of hydrogen-bond donors (Lipinski definition) is 3. The molecule has 4 heteroatoms. The molecule has 0 unspecified atom stereocenters. The molecule has 1 aromatic carbocycles. The molecule has 3 N–H and O–H groups in total. The van der Waals surface area contributed by atoms with E-state index in [1.165, 1.54) is 0 Å². The minimum Gasteiger partial charge on any atom is -0.391 e. The Morgan fingerprint density at radius 1 is 1.26 bits per heavy atom. The number of aromatic nitrogens is 1. The summed E-state index contributed by atoms with van der Waals surface area (Å²) < 4.78 is 0.